The fraction of sp³-hybridized carbons (Fsp3) is 0.905. The maximum Gasteiger partial charge on any atom is 0.0724 e. The lowest BCUT2D eigenvalue weighted by molar-refractivity contribution is -0.138. The van der Waals surface area contributed by atoms with Gasteiger partial charge in [0.15, 0.2) is 0 Å². The summed E-state index contributed by atoms with van der Waals surface area (Å²) in [6, 6.07) is 0. The zero-order chi connectivity index (χ0) is 17.3. The normalized spacial score (nSPS) is 55.2. The van der Waals surface area contributed by atoms with Crippen LogP contribution in [0.25, 0.3) is 0 Å². The summed E-state index contributed by atoms with van der Waals surface area (Å²) >= 11 is 0. The minimum atomic E-state index is -0.290. The van der Waals surface area contributed by atoms with Crippen molar-refractivity contribution in [3.8, 4) is 0 Å². The predicted octanol–water partition coefficient (Wildman–Crippen LogP) is 3.28. The Morgan fingerprint density at radius 2 is 1.88 bits per heavy atom. The lowest BCUT2D eigenvalue weighted by Gasteiger charge is -2.60. The summed E-state index contributed by atoms with van der Waals surface area (Å²) in [7, 11) is 0. The first-order valence-corrected chi connectivity index (χ1v) is 10.0. The second kappa shape index (κ2) is 5.56. The van der Waals surface area contributed by atoms with Crippen LogP contribution in [-0.4, -0.2) is 33.6 Å². The molecule has 0 saturated heterocycles. The van der Waals surface area contributed by atoms with Crippen molar-refractivity contribution in [3.63, 3.8) is 0 Å². The van der Waals surface area contributed by atoms with Crippen molar-refractivity contribution >= 4 is 0 Å². The summed E-state index contributed by atoms with van der Waals surface area (Å²) < 4.78 is 0. The Labute approximate surface area is 146 Å². The number of fused-ring (bicyclic) bond motifs is 5. The van der Waals surface area contributed by atoms with E-state index in [0.29, 0.717) is 23.7 Å². The average Bonchev–Trinajstić information content (AvgIpc) is 2.84. The maximum absolute atomic E-state index is 11.2. The summed E-state index contributed by atoms with van der Waals surface area (Å²) in [6.45, 7) is 6.61. The SMILES string of the molecule is C[C@@H](O)C1CCC2C3CCC4=C[C@@H](O)CC[C@]4(C)C3[C@@H](O)C[C@@]21C. The Morgan fingerprint density at radius 3 is 2.58 bits per heavy atom. The second-order valence-corrected chi connectivity index (χ2v) is 9.75. The molecular formula is C21H34O3. The van der Waals surface area contributed by atoms with Crippen LogP contribution in [0.3, 0.4) is 0 Å². The van der Waals surface area contributed by atoms with E-state index in [1.54, 1.807) is 0 Å². The van der Waals surface area contributed by atoms with Gasteiger partial charge in [-0.05, 0) is 86.4 Å². The van der Waals surface area contributed by atoms with Gasteiger partial charge in [-0.3, -0.25) is 0 Å². The van der Waals surface area contributed by atoms with Crippen LogP contribution in [0.1, 0.15) is 65.7 Å². The highest BCUT2D eigenvalue weighted by Gasteiger charge is 2.62. The van der Waals surface area contributed by atoms with E-state index in [0.717, 1.165) is 38.5 Å². The van der Waals surface area contributed by atoms with Gasteiger partial charge in [0.05, 0.1) is 18.3 Å². The molecule has 0 spiro atoms. The molecule has 4 unspecified atom stereocenters. The topological polar surface area (TPSA) is 60.7 Å². The molecule has 0 aromatic rings. The standard InChI is InChI=1S/C21H34O3/c1-12(22)16-6-7-17-15-5-4-13-10-14(23)8-9-20(13,2)19(15)18(24)11-21(16,17)3/h10,12,14-19,22-24H,4-9,11H2,1-3H3/t12-,14+,15?,16?,17?,18+,19?,20+,21-/m1/s1. The van der Waals surface area contributed by atoms with Gasteiger partial charge in [0.1, 0.15) is 0 Å². The summed E-state index contributed by atoms with van der Waals surface area (Å²) in [5.41, 5.74) is 1.54. The van der Waals surface area contributed by atoms with Crippen molar-refractivity contribution < 1.29 is 15.3 Å². The Hall–Kier alpha value is -0.380. The number of hydrogen-bond donors (Lipinski definition) is 3. The van der Waals surface area contributed by atoms with E-state index in [9.17, 15) is 15.3 Å². The van der Waals surface area contributed by atoms with Crippen LogP contribution in [-0.2, 0) is 0 Å². The lowest BCUT2D eigenvalue weighted by atomic mass is 9.45. The molecular weight excluding hydrogens is 300 g/mol. The molecule has 4 aliphatic carbocycles. The van der Waals surface area contributed by atoms with Crippen molar-refractivity contribution in [1.82, 2.24) is 0 Å². The molecule has 0 aliphatic heterocycles. The van der Waals surface area contributed by atoms with Crippen LogP contribution in [0.5, 0.6) is 0 Å². The molecule has 0 bridgehead atoms. The first-order valence-electron chi connectivity index (χ1n) is 10.0. The first kappa shape index (κ1) is 17.1. The summed E-state index contributed by atoms with van der Waals surface area (Å²) in [6.07, 6.45) is 8.44. The van der Waals surface area contributed by atoms with E-state index in [1.807, 2.05) is 6.92 Å². The molecule has 136 valence electrons. The fourth-order valence-electron chi connectivity index (χ4n) is 7.67. The molecule has 3 heteroatoms. The van der Waals surface area contributed by atoms with Crippen LogP contribution in [0.4, 0.5) is 0 Å². The van der Waals surface area contributed by atoms with E-state index >= 15 is 0 Å². The number of rotatable bonds is 1. The third-order valence-corrected chi connectivity index (χ3v) is 8.68. The molecule has 0 amide bonds. The van der Waals surface area contributed by atoms with Gasteiger partial charge in [-0.25, -0.2) is 0 Å². The third-order valence-electron chi connectivity index (χ3n) is 8.68. The van der Waals surface area contributed by atoms with E-state index in [1.165, 1.54) is 12.0 Å². The molecule has 4 rings (SSSR count). The molecule has 0 radical (unpaired) electrons. The van der Waals surface area contributed by atoms with Gasteiger partial charge < -0.3 is 15.3 Å². The fourth-order valence-corrected chi connectivity index (χ4v) is 7.67. The largest absolute Gasteiger partial charge is 0.393 e. The molecule has 0 heterocycles. The lowest BCUT2D eigenvalue weighted by Crippen LogP contribution is -2.57. The molecule has 0 aromatic carbocycles. The Bertz CT molecular complexity index is 541. The average molecular weight is 335 g/mol. The maximum atomic E-state index is 11.2. The Balaban J connectivity index is 1.70. The summed E-state index contributed by atoms with van der Waals surface area (Å²) in [4.78, 5) is 0. The Kier molecular flexibility index (Phi) is 3.95. The number of aliphatic hydroxyl groups is 3. The van der Waals surface area contributed by atoms with Gasteiger partial charge in [0.25, 0.3) is 0 Å². The van der Waals surface area contributed by atoms with Gasteiger partial charge in [0, 0.05) is 0 Å². The van der Waals surface area contributed by atoms with E-state index in [-0.39, 0.29) is 29.1 Å². The van der Waals surface area contributed by atoms with Crippen molar-refractivity contribution in [2.75, 3.05) is 0 Å². The minimum absolute atomic E-state index is 0.0613. The minimum Gasteiger partial charge on any atom is -0.393 e. The van der Waals surface area contributed by atoms with Crippen molar-refractivity contribution in [1.29, 1.82) is 0 Å². The van der Waals surface area contributed by atoms with Gasteiger partial charge in [-0.15, -0.1) is 0 Å². The van der Waals surface area contributed by atoms with Crippen molar-refractivity contribution in [2.24, 2.45) is 34.5 Å². The number of hydrogen-bond acceptors (Lipinski definition) is 3. The van der Waals surface area contributed by atoms with E-state index < -0.39 is 0 Å². The predicted molar refractivity (Wildman–Crippen MR) is 94.3 cm³/mol. The molecule has 3 nitrogen and oxygen atoms in total. The van der Waals surface area contributed by atoms with Crippen LogP contribution in [0.15, 0.2) is 11.6 Å². The summed E-state index contributed by atoms with van der Waals surface area (Å²) in [5.74, 6) is 1.86. The highest BCUT2D eigenvalue weighted by Crippen LogP contribution is 2.67. The molecule has 3 N–H and O–H groups in total. The highest BCUT2D eigenvalue weighted by atomic mass is 16.3. The molecule has 24 heavy (non-hydrogen) atoms. The van der Waals surface area contributed by atoms with E-state index in [4.69, 9.17) is 0 Å². The van der Waals surface area contributed by atoms with Crippen LogP contribution >= 0.6 is 0 Å². The van der Waals surface area contributed by atoms with Crippen LogP contribution in [0, 0.1) is 34.5 Å². The van der Waals surface area contributed by atoms with Crippen LogP contribution < -0.4 is 0 Å². The smallest absolute Gasteiger partial charge is 0.0724 e. The summed E-state index contributed by atoms with van der Waals surface area (Å²) in [5, 5.41) is 31.5. The van der Waals surface area contributed by atoms with Gasteiger partial charge in [-0.2, -0.15) is 0 Å². The van der Waals surface area contributed by atoms with E-state index in [2.05, 4.69) is 19.9 Å². The van der Waals surface area contributed by atoms with Gasteiger partial charge >= 0.3 is 0 Å². The number of allylic oxidation sites excluding steroid dienone is 1. The zero-order valence-electron chi connectivity index (χ0n) is 15.4. The van der Waals surface area contributed by atoms with Crippen molar-refractivity contribution in [2.45, 2.75) is 84.0 Å². The zero-order valence-corrected chi connectivity index (χ0v) is 15.4. The molecule has 3 fully saturated rings. The molecule has 9 atom stereocenters. The van der Waals surface area contributed by atoms with Crippen LogP contribution in [0.2, 0.25) is 0 Å². The molecule has 0 aromatic heterocycles. The number of aliphatic hydroxyl groups excluding tert-OH is 3. The second-order valence-electron chi connectivity index (χ2n) is 9.75. The van der Waals surface area contributed by atoms with Crippen molar-refractivity contribution in [3.05, 3.63) is 11.6 Å². The third kappa shape index (κ3) is 2.20. The monoisotopic (exact) mass is 334 g/mol. The van der Waals surface area contributed by atoms with Gasteiger partial charge in [0.2, 0.25) is 0 Å². The Morgan fingerprint density at radius 1 is 1.12 bits per heavy atom. The molecule has 4 aliphatic rings. The van der Waals surface area contributed by atoms with Gasteiger partial charge in [-0.1, -0.05) is 25.5 Å². The first-order chi connectivity index (χ1) is 11.3. The quantitative estimate of drug-likeness (QED) is 0.645. The molecule has 3 saturated carbocycles. The highest BCUT2D eigenvalue weighted by molar-refractivity contribution is 5.26.